The fourth-order valence-corrected chi connectivity index (χ4v) is 3.47. The highest BCUT2D eigenvalue weighted by atomic mass is 35.5. The summed E-state index contributed by atoms with van der Waals surface area (Å²) in [5.74, 6) is 0.435. The highest BCUT2D eigenvalue weighted by Gasteiger charge is 2.10. The van der Waals surface area contributed by atoms with Crippen molar-refractivity contribution in [3.05, 3.63) is 52.5 Å². The van der Waals surface area contributed by atoms with Crippen molar-refractivity contribution in [2.75, 3.05) is 11.9 Å². The van der Waals surface area contributed by atoms with E-state index in [1.54, 1.807) is 6.07 Å². The quantitative estimate of drug-likeness (QED) is 0.752. The van der Waals surface area contributed by atoms with Crippen LogP contribution in [0.5, 0.6) is 5.75 Å². The number of nitrogens with one attached hydrogen (secondary N) is 1. The summed E-state index contributed by atoms with van der Waals surface area (Å²) in [6.07, 6.45) is 0. The molecule has 0 spiro atoms. The van der Waals surface area contributed by atoms with Crippen LogP contribution >= 0.6 is 22.9 Å². The lowest BCUT2D eigenvalue weighted by Gasteiger charge is -2.07. The number of thiazole rings is 1. The summed E-state index contributed by atoms with van der Waals surface area (Å²) in [5.41, 5.74) is 2.90. The van der Waals surface area contributed by atoms with Gasteiger partial charge in [0, 0.05) is 0 Å². The molecule has 2 aromatic carbocycles. The third-order valence-electron chi connectivity index (χ3n) is 3.18. The molecule has 23 heavy (non-hydrogen) atoms. The van der Waals surface area contributed by atoms with Gasteiger partial charge in [-0.1, -0.05) is 35.1 Å². The van der Waals surface area contributed by atoms with Crippen LogP contribution in [0.3, 0.4) is 0 Å². The number of rotatable bonds is 4. The second-order valence-corrected chi connectivity index (χ2v) is 6.70. The first-order valence-electron chi connectivity index (χ1n) is 7.07. The van der Waals surface area contributed by atoms with Crippen molar-refractivity contribution in [1.29, 1.82) is 0 Å². The molecule has 0 aliphatic rings. The molecule has 0 radical (unpaired) electrons. The van der Waals surface area contributed by atoms with E-state index in [4.69, 9.17) is 16.3 Å². The van der Waals surface area contributed by atoms with E-state index in [1.165, 1.54) is 11.3 Å². The Bertz CT molecular complexity index is 856. The van der Waals surface area contributed by atoms with Crippen LogP contribution < -0.4 is 10.1 Å². The van der Waals surface area contributed by atoms with Crippen molar-refractivity contribution in [2.45, 2.75) is 13.8 Å². The first-order chi connectivity index (χ1) is 11.0. The largest absolute Gasteiger partial charge is 0.484 e. The van der Waals surface area contributed by atoms with Crippen LogP contribution in [0.1, 0.15) is 11.1 Å². The number of ether oxygens (including phenoxy) is 1. The Morgan fingerprint density at radius 2 is 2.00 bits per heavy atom. The molecule has 1 amide bonds. The molecule has 4 nitrogen and oxygen atoms in total. The maximum absolute atomic E-state index is 12.0. The van der Waals surface area contributed by atoms with Gasteiger partial charge in [0.05, 0.1) is 9.72 Å². The van der Waals surface area contributed by atoms with Crippen LogP contribution in [0.4, 0.5) is 5.13 Å². The van der Waals surface area contributed by atoms with E-state index in [1.807, 2.05) is 38.1 Å². The molecule has 0 bridgehead atoms. The molecule has 1 aromatic heterocycles. The van der Waals surface area contributed by atoms with Gasteiger partial charge in [-0.3, -0.25) is 10.1 Å². The van der Waals surface area contributed by atoms with Gasteiger partial charge in [0.25, 0.3) is 5.91 Å². The topological polar surface area (TPSA) is 51.2 Å². The molecule has 3 rings (SSSR count). The predicted molar refractivity (Wildman–Crippen MR) is 94.7 cm³/mol. The molecule has 0 unspecified atom stereocenters. The summed E-state index contributed by atoms with van der Waals surface area (Å²) in [6.45, 7) is 3.92. The van der Waals surface area contributed by atoms with E-state index in [0.29, 0.717) is 21.4 Å². The van der Waals surface area contributed by atoms with Crippen LogP contribution in [0.25, 0.3) is 10.2 Å². The van der Waals surface area contributed by atoms with E-state index >= 15 is 0 Å². The SMILES string of the molecule is Cc1cc(C)cc(OCC(=O)Nc2nc3c(Cl)cccc3s2)c1. The number of carbonyl (C=O) groups excluding carboxylic acids is 1. The van der Waals surface area contributed by atoms with Crippen molar-refractivity contribution in [3.8, 4) is 5.75 Å². The Hall–Kier alpha value is -2.11. The molecule has 0 saturated heterocycles. The van der Waals surface area contributed by atoms with Gasteiger partial charge in [0.1, 0.15) is 11.3 Å². The van der Waals surface area contributed by atoms with Gasteiger partial charge < -0.3 is 4.74 Å². The number of benzene rings is 2. The first kappa shape index (κ1) is 15.8. The van der Waals surface area contributed by atoms with E-state index in [9.17, 15) is 4.79 Å². The molecule has 118 valence electrons. The molecule has 1 N–H and O–H groups in total. The molecule has 0 saturated carbocycles. The Balaban J connectivity index is 1.65. The summed E-state index contributed by atoms with van der Waals surface area (Å²) in [7, 11) is 0. The number of anilines is 1. The van der Waals surface area contributed by atoms with Crippen molar-refractivity contribution in [2.24, 2.45) is 0 Å². The number of halogens is 1. The number of nitrogens with zero attached hydrogens (tertiary/aromatic N) is 1. The smallest absolute Gasteiger partial charge is 0.264 e. The molecular formula is C17H15ClN2O2S. The standard InChI is InChI=1S/C17H15ClN2O2S/c1-10-6-11(2)8-12(7-10)22-9-15(21)19-17-20-16-13(18)4-3-5-14(16)23-17/h3-8H,9H2,1-2H3,(H,19,20,21). The Labute approximate surface area is 143 Å². The van der Waals surface area contributed by atoms with Crippen molar-refractivity contribution in [3.63, 3.8) is 0 Å². The third kappa shape index (κ3) is 3.81. The second kappa shape index (κ2) is 6.56. The zero-order valence-electron chi connectivity index (χ0n) is 12.7. The van der Waals surface area contributed by atoms with E-state index in [2.05, 4.69) is 16.4 Å². The van der Waals surface area contributed by atoms with Gasteiger partial charge in [0.15, 0.2) is 11.7 Å². The van der Waals surface area contributed by atoms with Crippen LogP contribution in [0.15, 0.2) is 36.4 Å². The summed E-state index contributed by atoms with van der Waals surface area (Å²) < 4.78 is 6.47. The predicted octanol–water partition coefficient (Wildman–Crippen LogP) is 4.58. The van der Waals surface area contributed by atoms with E-state index in [0.717, 1.165) is 15.8 Å². The number of amides is 1. The Morgan fingerprint density at radius 1 is 1.26 bits per heavy atom. The fraction of sp³-hybridized carbons (Fsp3) is 0.176. The lowest BCUT2D eigenvalue weighted by Crippen LogP contribution is -2.20. The maximum atomic E-state index is 12.0. The molecule has 0 aliphatic carbocycles. The number of fused-ring (bicyclic) bond motifs is 1. The summed E-state index contributed by atoms with van der Waals surface area (Å²) in [4.78, 5) is 16.3. The minimum Gasteiger partial charge on any atom is -0.484 e. The van der Waals surface area contributed by atoms with Crippen LogP contribution in [-0.2, 0) is 4.79 Å². The average Bonchev–Trinajstić information content (AvgIpc) is 2.88. The lowest BCUT2D eigenvalue weighted by molar-refractivity contribution is -0.118. The van der Waals surface area contributed by atoms with Gasteiger partial charge >= 0.3 is 0 Å². The van der Waals surface area contributed by atoms with Crippen LogP contribution in [0.2, 0.25) is 5.02 Å². The highest BCUT2D eigenvalue weighted by molar-refractivity contribution is 7.22. The minimum absolute atomic E-state index is 0.0629. The van der Waals surface area contributed by atoms with Crippen molar-refractivity contribution >= 4 is 44.2 Å². The number of carbonyl (C=O) groups is 1. The van der Waals surface area contributed by atoms with Gasteiger partial charge in [0.2, 0.25) is 0 Å². The summed E-state index contributed by atoms with van der Waals surface area (Å²) in [6, 6.07) is 11.4. The fourth-order valence-electron chi connectivity index (χ4n) is 2.29. The normalized spacial score (nSPS) is 10.7. The Morgan fingerprint density at radius 3 is 2.70 bits per heavy atom. The number of aryl methyl sites for hydroxylation is 2. The van der Waals surface area contributed by atoms with Crippen LogP contribution in [0, 0.1) is 13.8 Å². The molecule has 3 aromatic rings. The lowest BCUT2D eigenvalue weighted by atomic mass is 10.1. The summed E-state index contributed by atoms with van der Waals surface area (Å²) in [5, 5.41) is 3.83. The van der Waals surface area contributed by atoms with E-state index < -0.39 is 0 Å². The number of aromatic nitrogens is 1. The molecular weight excluding hydrogens is 332 g/mol. The maximum Gasteiger partial charge on any atom is 0.264 e. The number of hydrogen-bond donors (Lipinski definition) is 1. The number of para-hydroxylation sites is 1. The van der Waals surface area contributed by atoms with Gasteiger partial charge in [-0.15, -0.1) is 0 Å². The third-order valence-corrected chi connectivity index (χ3v) is 4.42. The molecule has 6 heteroatoms. The number of hydrogen-bond acceptors (Lipinski definition) is 4. The molecule has 0 fully saturated rings. The second-order valence-electron chi connectivity index (χ2n) is 5.27. The monoisotopic (exact) mass is 346 g/mol. The highest BCUT2D eigenvalue weighted by Crippen LogP contribution is 2.30. The van der Waals surface area contributed by atoms with Gasteiger partial charge in [-0.05, 0) is 49.2 Å². The summed E-state index contributed by atoms with van der Waals surface area (Å²) >= 11 is 7.47. The van der Waals surface area contributed by atoms with Gasteiger partial charge in [-0.2, -0.15) is 0 Å². The molecule has 1 heterocycles. The van der Waals surface area contributed by atoms with Crippen molar-refractivity contribution in [1.82, 2.24) is 4.98 Å². The average molecular weight is 347 g/mol. The zero-order chi connectivity index (χ0) is 16.4. The Kier molecular flexibility index (Phi) is 4.50. The van der Waals surface area contributed by atoms with E-state index in [-0.39, 0.29) is 12.5 Å². The van der Waals surface area contributed by atoms with Gasteiger partial charge in [-0.25, -0.2) is 4.98 Å². The minimum atomic E-state index is -0.251. The first-order valence-corrected chi connectivity index (χ1v) is 8.27. The van der Waals surface area contributed by atoms with Crippen LogP contribution in [-0.4, -0.2) is 17.5 Å². The zero-order valence-corrected chi connectivity index (χ0v) is 14.3. The van der Waals surface area contributed by atoms with Crippen molar-refractivity contribution < 1.29 is 9.53 Å². The molecule has 0 aliphatic heterocycles. The molecule has 0 atom stereocenters.